The summed E-state index contributed by atoms with van der Waals surface area (Å²) >= 11 is 0. The fourth-order valence-electron chi connectivity index (χ4n) is 0.999. The maximum Gasteiger partial charge on any atom is 0.161 e. The number of nitrogens with zero attached hydrogens (tertiary/aromatic N) is 3. The summed E-state index contributed by atoms with van der Waals surface area (Å²) < 4.78 is 1.88. The normalized spacial score (nSPS) is 10.2. The highest BCUT2D eigenvalue weighted by Gasteiger charge is 1.97. The molecule has 2 rings (SSSR count). The highest BCUT2D eigenvalue weighted by Crippen LogP contribution is 2.02. The van der Waals surface area contributed by atoms with E-state index in [-0.39, 0.29) is 0 Å². The topological polar surface area (TPSA) is 30.2 Å². The molecule has 0 aliphatic rings. The molecule has 0 fully saturated rings. The smallest absolute Gasteiger partial charge is 0.161 e. The fourth-order valence-corrected chi connectivity index (χ4v) is 0.999. The highest BCUT2D eigenvalue weighted by atomic mass is 15.2. The third-order valence-corrected chi connectivity index (χ3v) is 1.52. The van der Waals surface area contributed by atoms with E-state index in [1.165, 1.54) is 0 Å². The lowest BCUT2D eigenvalue weighted by molar-refractivity contribution is 1.08. The molecule has 54 valence electrons. The van der Waals surface area contributed by atoms with Crippen molar-refractivity contribution in [3.05, 3.63) is 36.8 Å². The second-order valence-electron chi connectivity index (χ2n) is 2.19. The van der Waals surface area contributed by atoms with Gasteiger partial charge in [-0.25, -0.2) is 0 Å². The van der Waals surface area contributed by atoms with Gasteiger partial charge >= 0.3 is 0 Å². The van der Waals surface area contributed by atoms with Gasteiger partial charge in [0.2, 0.25) is 0 Å². The Kier molecular flexibility index (Phi) is 1.22. The maximum atomic E-state index is 3.93. The summed E-state index contributed by atoms with van der Waals surface area (Å²) in [6.45, 7) is 3.63. The van der Waals surface area contributed by atoms with Gasteiger partial charge in [0.25, 0.3) is 0 Å². The van der Waals surface area contributed by atoms with Crippen molar-refractivity contribution in [2.75, 3.05) is 0 Å². The molecular weight excluding hydrogens is 138 g/mol. The Morgan fingerprint density at radius 1 is 1.36 bits per heavy atom. The van der Waals surface area contributed by atoms with Crippen LogP contribution in [0.2, 0.25) is 0 Å². The third-order valence-electron chi connectivity index (χ3n) is 1.52. The molecule has 0 spiro atoms. The number of hydrogen-bond acceptors (Lipinski definition) is 2. The second kappa shape index (κ2) is 2.20. The lowest BCUT2D eigenvalue weighted by Crippen LogP contribution is -1.84. The van der Waals surface area contributed by atoms with E-state index in [1.807, 2.05) is 28.8 Å². The van der Waals surface area contributed by atoms with Gasteiger partial charge in [-0.3, -0.25) is 4.40 Å². The van der Waals surface area contributed by atoms with Crippen LogP contribution in [0.1, 0.15) is 5.82 Å². The quantitative estimate of drug-likeness (QED) is 0.606. The van der Waals surface area contributed by atoms with Gasteiger partial charge in [-0.1, -0.05) is 12.6 Å². The number of hydrogen-bond donors (Lipinski definition) is 0. The fraction of sp³-hybridized carbons (Fsp3) is 0. The van der Waals surface area contributed by atoms with Crippen LogP contribution in [0.15, 0.2) is 31.0 Å². The summed E-state index contributed by atoms with van der Waals surface area (Å²) in [5.41, 5.74) is 0.849. The highest BCUT2D eigenvalue weighted by molar-refractivity contribution is 5.46. The number of fused-ring (bicyclic) bond motifs is 1. The predicted octanol–water partition coefficient (Wildman–Crippen LogP) is 1.37. The van der Waals surface area contributed by atoms with E-state index in [1.54, 1.807) is 6.08 Å². The van der Waals surface area contributed by atoms with E-state index >= 15 is 0 Å². The van der Waals surface area contributed by atoms with Crippen LogP contribution in [0.4, 0.5) is 0 Å². The van der Waals surface area contributed by atoms with E-state index in [4.69, 9.17) is 0 Å². The Morgan fingerprint density at radius 3 is 3.09 bits per heavy atom. The molecule has 0 amide bonds. The number of aromatic nitrogens is 3. The molecule has 0 unspecified atom stereocenters. The molecule has 3 heteroatoms. The van der Waals surface area contributed by atoms with Crippen molar-refractivity contribution >= 4 is 11.7 Å². The first-order valence-electron chi connectivity index (χ1n) is 3.34. The molecular formula is C8H7N3. The molecule has 2 heterocycles. The van der Waals surface area contributed by atoms with Gasteiger partial charge in [0.1, 0.15) is 0 Å². The first-order chi connectivity index (χ1) is 5.42. The average molecular weight is 145 g/mol. The van der Waals surface area contributed by atoms with Crippen LogP contribution in [0.25, 0.3) is 11.7 Å². The molecule has 0 saturated heterocycles. The number of pyridine rings is 1. The zero-order chi connectivity index (χ0) is 7.68. The maximum absolute atomic E-state index is 3.93. The van der Waals surface area contributed by atoms with Gasteiger partial charge in [0.15, 0.2) is 11.5 Å². The molecule has 0 aliphatic heterocycles. The average Bonchev–Trinajstić information content (AvgIpc) is 2.47. The van der Waals surface area contributed by atoms with Crippen molar-refractivity contribution in [2.24, 2.45) is 0 Å². The Balaban J connectivity index is 2.86. The first-order valence-corrected chi connectivity index (χ1v) is 3.34. The Hall–Kier alpha value is -1.64. The van der Waals surface area contributed by atoms with Gasteiger partial charge in [-0.2, -0.15) is 0 Å². The van der Waals surface area contributed by atoms with E-state index in [9.17, 15) is 0 Å². The SMILES string of the molecule is C=Cc1nnc2ccccn12. The van der Waals surface area contributed by atoms with Crippen molar-refractivity contribution in [3.8, 4) is 0 Å². The molecule has 0 atom stereocenters. The number of rotatable bonds is 1. The zero-order valence-corrected chi connectivity index (χ0v) is 5.94. The molecule has 3 nitrogen and oxygen atoms in total. The van der Waals surface area contributed by atoms with Crippen LogP contribution in [-0.4, -0.2) is 14.6 Å². The van der Waals surface area contributed by atoms with Crippen molar-refractivity contribution in [2.45, 2.75) is 0 Å². The molecule has 0 saturated carbocycles. The van der Waals surface area contributed by atoms with Crippen molar-refractivity contribution < 1.29 is 0 Å². The minimum absolute atomic E-state index is 0.778. The van der Waals surface area contributed by atoms with E-state index in [2.05, 4.69) is 16.8 Å². The minimum atomic E-state index is 0.778. The molecule has 0 bridgehead atoms. The molecule has 2 aromatic heterocycles. The Morgan fingerprint density at radius 2 is 2.27 bits per heavy atom. The summed E-state index contributed by atoms with van der Waals surface area (Å²) in [4.78, 5) is 0. The zero-order valence-electron chi connectivity index (χ0n) is 5.94. The Bertz CT molecular complexity index is 389. The van der Waals surface area contributed by atoms with Crippen LogP contribution in [-0.2, 0) is 0 Å². The lowest BCUT2D eigenvalue weighted by atomic mass is 10.4. The first kappa shape index (κ1) is 6.09. The van der Waals surface area contributed by atoms with Gasteiger partial charge in [0, 0.05) is 6.20 Å². The second-order valence-corrected chi connectivity index (χ2v) is 2.19. The molecule has 11 heavy (non-hydrogen) atoms. The monoisotopic (exact) mass is 145 g/mol. The summed E-state index contributed by atoms with van der Waals surface area (Å²) in [5.74, 6) is 0.778. The van der Waals surface area contributed by atoms with Gasteiger partial charge in [-0.05, 0) is 18.2 Å². The van der Waals surface area contributed by atoms with Crippen LogP contribution in [0, 0.1) is 0 Å². The Labute approximate surface area is 64.0 Å². The van der Waals surface area contributed by atoms with Gasteiger partial charge in [-0.15, -0.1) is 10.2 Å². The van der Waals surface area contributed by atoms with Crippen LogP contribution in [0.5, 0.6) is 0 Å². The van der Waals surface area contributed by atoms with E-state index in [0.717, 1.165) is 11.5 Å². The van der Waals surface area contributed by atoms with Gasteiger partial charge < -0.3 is 0 Å². The minimum Gasteiger partial charge on any atom is -0.283 e. The third kappa shape index (κ3) is 0.816. The van der Waals surface area contributed by atoms with Crippen LogP contribution >= 0.6 is 0 Å². The van der Waals surface area contributed by atoms with Crippen LogP contribution in [0.3, 0.4) is 0 Å². The summed E-state index contributed by atoms with van der Waals surface area (Å²) in [5, 5.41) is 7.84. The predicted molar refractivity (Wildman–Crippen MR) is 43.1 cm³/mol. The van der Waals surface area contributed by atoms with E-state index < -0.39 is 0 Å². The van der Waals surface area contributed by atoms with Crippen molar-refractivity contribution in [1.29, 1.82) is 0 Å². The molecule has 0 aliphatic carbocycles. The van der Waals surface area contributed by atoms with Crippen molar-refractivity contribution in [3.63, 3.8) is 0 Å². The summed E-state index contributed by atoms with van der Waals surface area (Å²) in [6.07, 6.45) is 3.59. The molecule has 0 N–H and O–H groups in total. The van der Waals surface area contributed by atoms with Crippen LogP contribution < -0.4 is 0 Å². The molecule has 2 aromatic rings. The summed E-state index contributed by atoms with van der Waals surface area (Å²) in [6, 6.07) is 5.76. The lowest BCUT2D eigenvalue weighted by Gasteiger charge is -1.90. The van der Waals surface area contributed by atoms with Gasteiger partial charge in [0.05, 0.1) is 0 Å². The van der Waals surface area contributed by atoms with E-state index in [0.29, 0.717) is 0 Å². The standard InChI is InChI=1S/C8H7N3/c1-2-7-9-10-8-5-3-4-6-11(7)8/h2-6H,1H2. The molecule has 0 aromatic carbocycles. The summed E-state index contributed by atoms with van der Waals surface area (Å²) in [7, 11) is 0. The molecule has 0 radical (unpaired) electrons. The largest absolute Gasteiger partial charge is 0.283 e. The van der Waals surface area contributed by atoms with Crippen molar-refractivity contribution in [1.82, 2.24) is 14.6 Å².